The quantitative estimate of drug-likeness (QED) is 0.343. The van der Waals surface area contributed by atoms with Gasteiger partial charge in [-0.2, -0.15) is 0 Å². The Morgan fingerprint density at radius 1 is 0.848 bits per heavy atom. The molecule has 2 fully saturated rings. The highest BCUT2D eigenvalue weighted by Crippen LogP contribution is 2.35. The van der Waals surface area contributed by atoms with Crippen LogP contribution in [0.5, 0.6) is 11.5 Å². The van der Waals surface area contributed by atoms with Gasteiger partial charge in [-0.25, -0.2) is 8.42 Å². The molecule has 0 saturated carbocycles. The van der Waals surface area contributed by atoms with Gasteiger partial charge in [0.25, 0.3) is 15.9 Å². The second kappa shape index (κ2) is 14.7. The number of amides is 3. The van der Waals surface area contributed by atoms with Gasteiger partial charge < -0.3 is 24.8 Å². The minimum absolute atomic E-state index is 0.0755. The zero-order chi connectivity index (χ0) is 32.8. The number of anilines is 1. The van der Waals surface area contributed by atoms with E-state index in [4.69, 9.17) is 27.9 Å². The van der Waals surface area contributed by atoms with E-state index in [9.17, 15) is 22.8 Å². The fourth-order valence-corrected chi connectivity index (χ4v) is 6.85. The third-order valence-electron chi connectivity index (χ3n) is 8.08. The Balaban J connectivity index is 1.12. The summed E-state index contributed by atoms with van der Waals surface area (Å²) in [6.07, 6.45) is 1.20. The summed E-state index contributed by atoms with van der Waals surface area (Å²) in [5.74, 6) is -0.148. The van der Waals surface area contributed by atoms with E-state index in [0.717, 1.165) is 26.2 Å². The molecule has 3 amide bonds. The van der Waals surface area contributed by atoms with Gasteiger partial charge in [0.1, 0.15) is 5.75 Å². The number of nitrogens with one attached hydrogen (secondary N) is 2. The Morgan fingerprint density at radius 3 is 2.20 bits per heavy atom. The van der Waals surface area contributed by atoms with Gasteiger partial charge in [-0.1, -0.05) is 35.3 Å². The molecule has 3 aromatic carbocycles. The summed E-state index contributed by atoms with van der Waals surface area (Å²) in [7, 11) is -2.01. The SMILES string of the molecule is CN1CCN(C(=O)C2CCN(C(=O)CNC(=O)c3ccc(S(=O)(=O)Nc4ccccc4Oc4ccc(Cl)cc4Cl)cc3)CC2)CC1. The molecule has 0 aliphatic carbocycles. The predicted molar refractivity (Wildman–Crippen MR) is 176 cm³/mol. The third-order valence-corrected chi connectivity index (χ3v) is 10.00. The number of hydrogen-bond donors (Lipinski definition) is 2. The average molecular weight is 689 g/mol. The summed E-state index contributed by atoms with van der Waals surface area (Å²) in [6.45, 7) is 3.90. The van der Waals surface area contributed by atoms with Gasteiger partial charge in [0, 0.05) is 55.8 Å². The lowest BCUT2D eigenvalue weighted by atomic mass is 9.95. The Morgan fingerprint density at radius 2 is 1.52 bits per heavy atom. The van der Waals surface area contributed by atoms with Gasteiger partial charge in [0.05, 0.1) is 22.2 Å². The second-order valence-electron chi connectivity index (χ2n) is 11.3. The van der Waals surface area contributed by atoms with Crippen LogP contribution in [0.1, 0.15) is 23.2 Å². The molecule has 0 unspecified atom stereocenters. The summed E-state index contributed by atoms with van der Waals surface area (Å²) < 4.78 is 34.7. The van der Waals surface area contributed by atoms with Crippen molar-refractivity contribution >= 4 is 56.6 Å². The number of likely N-dealkylation sites (N-methyl/N-ethyl adjacent to an activating group) is 1. The Bertz CT molecular complexity index is 1690. The van der Waals surface area contributed by atoms with E-state index in [-0.39, 0.29) is 51.2 Å². The molecule has 2 N–H and O–H groups in total. The van der Waals surface area contributed by atoms with Gasteiger partial charge in [-0.05, 0) is 74.5 Å². The number of halogens is 2. The van der Waals surface area contributed by atoms with Gasteiger partial charge in [0.15, 0.2) is 5.75 Å². The van der Waals surface area contributed by atoms with Crippen LogP contribution in [0.4, 0.5) is 5.69 Å². The lowest BCUT2D eigenvalue weighted by Gasteiger charge is -2.37. The molecule has 3 aromatic rings. The van der Waals surface area contributed by atoms with Crippen LogP contribution in [-0.4, -0.2) is 93.7 Å². The smallest absolute Gasteiger partial charge is 0.262 e. The summed E-state index contributed by atoms with van der Waals surface area (Å²) in [6, 6.07) is 16.5. The van der Waals surface area contributed by atoms with Crippen molar-refractivity contribution in [2.45, 2.75) is 17.7 Å². The van der Waals surface area contributed by atoms with Crippen molar-refractivity contribution in [3.05, 3.63) is 82.3 Å². The molecule has 2 heterocycles. The first kappa shape index (κ1) is 33.5. The predicted octanol–water partition coefficient (Wildman–Crippen LogP) is 4.33. The van der Waals surface area contributed by atoms with Gasteiger partial charge >= 0.3 is 0 Å². The molecule has 0 spiro atoms. The summed E-state index contributed by atoms with van der Waals surface area (Å²) >= 11 is 12.2. The van der Waals surface area contributed by atoms with Crippen LogP contribution >= 0.6 is 23.2 Å². The normalized spacial score (nSPS) is 16.2. The van der Waals surface area contributed by atoms with Gasteiger partial charge in [-0.3, -0.25) is 19.1 Å². The lowest BCUT2D eigenvalue weighted by molar-refractivity contribution is -0.141. The zero-order valence-corrected chi connectivity index (χ0v) is 27.6. The number of sulfonamides is 1. The van der Waals surface area contributed by atoms with Gasteiger partial charge in [-0.15, -0.1) is 0 Å². The van der Waals surface area contributed by atoms with E-state index in [1.165, 1.54) is 30.3 Å². The van der Waals surface area contributed by atoms with E-state index in [2.05, 4.69) is 14.9 Å². The third kappa shape index (κ3) is 8.30. The zero-order valence-electron chi connectivity index (χ0n) is 25.2. The van der Waals surface area contributed by atoms with E-state index in [1.54, 1.807) is 41.3 Å². The van der Waals surface area contributed by atoms with Crippen molar-refractivity contribution in [1.29, 1.82) is 0 Å². The van der Waals surface area contributed by atoms with Crippen molar-refractivity contribution in [3.63, 3.8) is 0 Å². The number of piperidine rings is 1. The molecule has 46 heavy (non-hydrogen) atoms. The number of benzene rings is 3. The highest BCUT2D eigenvalue weighted by Gasteiger charge is 2.31. The molecule has 0 radical (unpaired) electrons. The molecule has 244 valence electrons. The Hall–Kier alpha value is -3.84. The van der Waals surface area contributed by atoms with E-state index >= 15 is 0 Å². The van der Waals surface area contributed by atoms with Crippen molar-refractivity contribution in [2.24, 2.45) is 5.92 Å². The Labute approximate surface area is 278 Å². The number of ether oxygens (including phenoxy) is 1. The number of rotatable bonds is 9. The standard InChI is InChI=1S/C32H35Cl2N5O6S/c1-37-16-18-39(19-17-37)32(42)23-12-14-38(15-13-23)30(40)21-35-31(41)22-6-9-25(10-7-22)46(43,44)36-27-4-2-3-5-29(27)45-28-11-8-24(33)20-26(28)34/h2-11,20,23,36H,12-19,21H2,1H3,(H,35,41). The molecule has 2 aliphatic rings. The fourth-order valence-electron chi connectivity index (χ4n) is 5.34. The van der Waals surface area contributed by atoms with Crippen molar-refractivity contribution in [2.75, 3.05) is 57.6 Å². The molecule has 0 bridgehead atoms. The summed E-state index contributed by atoms with van der Waals surface area (Å²) in [4.78, 5) is 44.1. The van der Waals surface area contributed by atoms with Crippen LogP contribution < -0.4 is 14.8 Å². The number of piperazine rings is 1. The number of carbonyl (C=O) groups excluding carboxylic acids is 3. The number of hydrogen-bond acceptors (Lipinski definition) is 7. The highest BCUT2D eigenvalue weighted by atomic mass is 35.5. The van der Waals surface area contributed by atoms with Crippen molar-refractivity contribution < 1.29 is 27.5 Å². The Kier molecular flexibility index (Phi) is 10.7. The van der Waals surface area contributed by atoms with Crippen molar-refractivity contribution in [1.82, 2.24) is 20.0 Å². The van der Waals surface area contributed by atoms with Crippen LogP contribution in [0.3, 0.4) is 0 Å². The molecule has 11 nitrogen and oxygen atoms in total. The molecule has 0 atom stereocenters. The maximum atomic E-state index is 13.2. The number of nitrogens with zero attached hydrogens (tertiary/aromatic N) is 3. The summed E-state index contributed by atoms with van der Waals surface area (Å²) in [5, 5.41) is 3.31. The molecule has 0 aromatic heterocycles. The molecule has 2 saturated heterocycles. The minimum atomic E-state index is -4.05. The van der Waals surface area contributed by atoms with Crippen LogP contribution in [0.15, 0.2) is 71.6 Å². The van der Waals surface area contributed by atoms with Crippen LogP contribution in [0.2, 0.25) is 10.0 Å². The van der Waals surface area contributed by atoms with E-state index in [0.29, 0.717) is 36.7 Å². The number of carbonyl (C=O) groups is 3. The molecular weight excluding hydrogens is 653 g/mol. The first-order valence-corrected chi connectivity index (χ1v) is 17.1. The maximum Gasteiger partial charge on any atom is 0.262 e. The monoisotopic (exact) mass is 687 g/mol. The maximum absolute atomic E-state index is 13.2. The number of para-hydroxylation sites is 2. The molecular formula is C32H35Cl2N5O6S. The second-order valence-corrected chi connectivity index (χ2v) is 13.8. The van der Waals surface area contributed by atoms with Gasteiger partial charge in [0.2, 0.25) is 11.8 Å². The van der Waals surface area contributed by atoms with E-state index < -0.39 is 15.9 Å². The largest absolute Gasteiger partial charge is 0.454 e. The number of likely N-dealkylation sites (tertiary alicyclic amines) is 1. The highest BCUT2D eigenvalue weighted by molar-refractivity contribution is 7.92. The molecule has 2 aliphatic heterocycles. The van der Waals surface area contributed by atoms with Crippen LogP contribution in [0, 0.1) is 5.92 Å². The lowest BCUT2D eigenvalue weighted by Crippen LogP contribution is -2.51. The molecule has 5 rings (SSSR count). The van der Waals surface area contributed by atoms with Crippen molar-refractivity contribution in [3.8, 4) is 11.5 Å². The van der Waals surface area contributed by atoms with E-state index in [1.807, 2.05) is 11.9 Å². The minimum Gasteiger partial charge on any atom is -0.454 e. The average Bonchev–Trinajstić information content (AvgIpc) is 3.05. The fraction of sp³-hybridized carbons (Fsp3) is 0.344. The first-order chi connectivity index (χ1) is 22.0. The first-order valence-electron chi connectivity index (χ1n) is 14.9. The summed E-state index contributed by atoms with van der Waals surface area (Å²) in [5.41, 5.74) is 0.380. The topological polar surface area (TPSA) is 128 Å². The van der Waals surface area contributed by atoms with Crippen LogP contribution in [-0.2, 0) is 19.6 Å². The van der Waals surface area contributed by atoms with Crippen LogP contribution in [0.25, 0.3) is 0 Å². The molecule has 14 heteroatoms.